The van der Waals surface area contributed by atoms with Crippen LogP contribution >= 0.6 is 0 Å². The molecule has 1 saturated heterocycles. The van der Waals surface area contributed by atoms with Crippen LogP contribution in [0.2, 0.25) is 0 Å². The van der Waals surface area contributed by atoms with E-state index in [4.69, 9.17) is 0 Å². The van der Waals surface area contributed by atoms with Crippen molar-refractivity contribution in [1.82, 2.24) is 9.80 Å². The molecule has 1 atom stereocenters. The lowest BCUT2D eigenvalue weighted by Crippen LogP contribution is -2.49. The Bertz CT molecular complexity index is 354. The Morgan fingerprint density at radius 1 is 1.05 bits per heavy atom. The highest BCUT2D eigenvalue weighted by molar-refractivity contribution is 5.82. The number of Topliss-reactive ketones (excluding diaryl/α,β-unsaturated/α-hetero) is 1. The molecule has 1 aliphatic heterocycles. The quantitative estimate of drug-likeness (QED) is 0.789. The van der Waals surface area contributed by atoms with E-state index in [0.717, 1.165) is 44.8 Å². The Morgan fingerprint density at radius 3 is 2.25 bits per heavy atom. The van der Waals surface area contributed by atoms with Gasteiger partial charge in [-0.15, -0.1) is 0 Å². The molecule has 3 heteroatoms. The lowest BCUT2D eigenvalue weighted by molar-refractivity contribution is -0.128. The van der Waals surface area contributed by atoms with Crippen molar-refractivity contribution in [3.8, 4) is 0 Å². The molecular formula is C17H30N2O. The van der Waals surface area contributed by atoms with Gasteiger partial charge in [0.1, 0.15) is 5.78 Å². The number of carbonyl (C=O) groups excluding carboxylic acids is 1. The molecule has 2 aliphatic carbocycles. The van der Waals surface area contributed by atoms with Gasteiger partial charge in [-0.05, 0) is 37.0 Å². The second kappa shape index (κ2) is 5.76. The van der Waals surface area contributed by atoms with Gasteiger partial charge in [-0.1, -0.05) is 13.8 Å². The van der Waals surface area contributed by atoms with Crippen LogP contribution in [-0.4, -0.2) is 54.9 Å². The van der Waals surface area contributed by atoms with Crippen molar-refractivity contribution >= 4 is 5.78 Å². The topological polar surface area (TPSA) is 23.6 Å². The molecule has 1 heterocycles. The summed E-state index contributed by atoms with van der Waals surface area (Å²) in [6.07, 6.45) is 5.88. The molecule has 114 valence electrons. The minimum Gasteiger partial charge on any atom is -0.301 e. The summed E-state index contributed by atoms with van der Waals surface area (Å²) in [5.74, 6) is 1.82. The van der Waals surface area contributed by atoms with Crippen molar-refractivity contribution in [3.05, 3.63) is 0 Å². The average molecular weight is 278 g/mol. The van der Waals surface area contributed by atoms with Crippen LogP contribution in [-0.2, 0) is 4.79 Å². The highest BCUT2D eigenvalue weighted by Crippen LogP contribution is 2.37. The Hall–Kier alpha value is -0.410. The highest BCUT2D eigenvalue weighted by Gasteiger charge is 2.35. The SMILES string of the molecule is CC1(C)CCC(=O)C(CN2CCN(CC3CC3)CC2)C1. The Morgan fingerprint density at radius 2 is 1.65 bits per heavy atom. The third-order valence-electron chi connectivity index (χ3n) is 5.46. The molecule has 0 N–H and O–H groups in total. The van der Waals surface area contributed by atoms with Gasteiger partial charge in [0.05, 0.1) is 0 Å². The molecule has 1 unspecified atom stereocenters. The van der Waals surface area contributed by atoms with Gasteiger partial charge in [0.25, 0.3) is 0 Å². The van der Waals surface area contributed by atoms with Crippen LogP contribution in [0.25, 0.3) is 0 Å². The molecule has 3 fully saturated rings. The number of hydrogen-bond donors (Lipinski definition) is 0. The van der Waals surface area contributed by atoms with E-state index >= 15 is 0 Å². The van der Waals surface area contributed by atoms with Crippen LogP contribution in [0.15, 0.2) is 0 Å². The molecule has 0 bridgehead atoms. The summed E-state index contributed by atoms with van der Waals surface area (Å²) >= 11 is 0. The zero-order valence-electron chi connectivity index (χ0n) is 13.2. The first-order chi connectivity index (χ1) is 9.52. The summed E-state index contributed by atoms with van der Waals surface area (Å²) in [4.78, 5) is 17.3. The van der Waals surface area contributed by atoms with Gasteiger partial charge in [-0.3, -0.25) is 4.79 Å². The molecule has 0 radical (unpaired) electrons. The zero-order valence-corrected chi connectivity index (χ0v) is 13.2. The summed E-state index contributed by atoms with van der Waals surface area (Å²) in [5.41, 5.74) is 0.367. The van der Waals surface area contributed by atoms with E-state index in [1.807, 2.05) is 0 Å². The van der Waals surface area contributed by atoms with E-state index < -0.39 is 0 Å². The monoisotopic (exact) mass is 278 g/mol. The van der Waals surface area contributed by atoms with Crippen molar-refractivity contribution in [2.75, 3.05) is 39.3 Å². The fourth-order valence-electron chi connectivity index (χ4n) is 3.85. The smallest absolute Gasteiger partial charge is 0.137 e. The summed E-state index contributed by atoms with van der Waals surface area (Å²) in [6, 6.07) is 0. The normalized spacial score (nSPS) is 32.5. The fraction of sp³-hybridized carbons (Fsp3) is 0.941. The van der Waals surface area contributed by atoms with Gasteiger partial charge in [0.2, 0.25) is 0 Å². The Kier molecular flexibility index (Phi) is 4.19. The first kappa shape index (κ1) is 14.5. The fourth-order valence-corrected chi connectivity index (χ4v) is 3.85. The molecule has 0 aromatic heterocycles. The first-order valence-corrected chi connectivity index (χ1v) is 8.49. The number of piperazine rings is 1. The van der Waals surface area contributed by atoms with Gasteiger partial charge >= 0.3 is 0 Å². The summed E-state index contributed by atoms with van der Waals surface area (Å²) in [6.45, 7) is 11.7. The van der Waals surface area contributed by atoms with Crippen molar-refractivity contribution < 1.29 is 4.79 Å². The van der Waals surface area contributed by atoms with Gasteiger partial charge in [0, 0.05) is 51.6 Å². The van der Waals surface area contributed by atoms with Gasteiger partial charge < -0.3 is 9.80 Å². The largest absolute Gasteiger partial charge is 0.301 e. The molecule has 0 amide bonds. The lowest BCUT2D eigenvalue weighted by atomic mass is 9.71. The van der Waals surface area contributed by atoms with Crippen LogP contribution in [0, 0.1) is 17.3 Å². The van der Waals surface area contributed by atoms with Crippen LogP contribution in [0.3, 0.4) is 0 Å². The van der Waals surface area contributed by atoms with Gasteiger partial charge in [-0.2, -0.15) is 0 Å². The Balaban J connectivity index is 1.44. The molecule has 3 nitrogen and oxygen atoms in total. The zero-order chi connectivity index (χ0) is 14.2. The standard InChI is InChI=1S/C17H30N2O/c1-17(2)6-5-16(20)15(11-17)13-19-9-7-18(8-10-19)12-14-3-4-14/h14-15H,3-13H2,1-2H3. The maximum Gasteiger partial charge on any atom is 0.137 e. The minimum atomic E-state index is 0.300. The average Bonchev–Trinajstić information content (AvgIpc) is 3.20. The summed E-state index contributed by atoms with van der Waals surface area (Å²) < 4.78 is 0. The third-order valence-corrected chi connectivity index (χ3v) is 5.46. The number of rotatable bonds is 4. The van der Waals surface area contributed by atoms with Crippen LogP contribution in [0.4, 0.5) is 0 Å². The Labute approximate surface area is 123 Å². The molecule has 20 heavy (non-hydrogen) atoms. The maximum absolute atomic E-state index is 12.1. The van der Waals surface area contributed by atoms with Crippen molar-refractivity contribution in [2.24, 2.45) is 17.3 Å². The van der Waals surface area contributed by atoms with Crippen molar-refractivity contribution in [1.29, 1.82) is 0 Å². The second-order valence-electron chi connectivity index (χ2n) is 8.08. The molecular weight excluding hydrogens is 248 g/mol. The van der Waals surface area contributed by atoms with Crippen LogP contribution < -0.4 is 0 Å². The first-order valence-electron chi connectivity index (χ1n) is 8.49. The van der Waals surface area contributed by atoms with E-state index in [1.54, 1.807) is 0 Å². The number of hydrogen-bond acceptors (Lipinski definition) is 3. The van der Waals surface area contributed by atoms with Crippen molar-refractivity contribution in [3.63, 3.8) is 0 Å². The van der Waals surface area contributed by atoms with Crippen LogP contribution in [0.5, 0.6) is 0 Å². The van der Waals surface area contributed by atoms with E-state index in [9.17, 15) is 4.79 Å². The molecule has 0 spiro atoms. The predicted molar refractivity (Wildman–Crippen MR) is 81.7 cm³/mol. The summed E-state index contributed by atoms with van der Waals surface area (Å²) in [5, 5.41) is 0. The number of nitrogens with zero attached hydrogens (tertiary/aromatic N) is 2. The third kappa shape index (κ3) is 3.82. The van der Waals surface area contributed by atoms with Gasteiger partial charge in [-0.25, -0.2) is 0 Å². The minimum absolute atomic E-state index is 0.300. The molecule has 2 saturated carbocycles. The van der Waals surface area contributed by atoms with E-state index in [1.165, 1.54) is 32.5 Å². The maximum atomic E-state index is 12.1. The number of carbonyl (C=O) groups is 1. The second-order valence-corrected chi connectivity index (χ2v) is 8.08. The lowest BCUT2D eigenvalue weighted by Gasteiger charge is -2.40. The van der Waals surface area contributed by atoms with Crippen LogP contribution in [0.1, 0.15) is 46.0 Å². The van der Waals surface area contributed by atoms with E-state index in [0.29, 0.717) is 17.1 Å². The summed E-state index contributed by atoms with van der Waals surface area (Å²) in [7, 11) is 0. The number of ketones is 1. The van der Waals surface area contributed by atoms with Gasteiger partial charge in [0.15, 0.2) is 0 Å². The molecule has 0 aromatic carbocycles. The van der Waals surface area contributed by atoms with Crippen molar-refractivity contribution in [2.45, 2.75) is 46.0 Å². The van der Waals surface area contributed by atoms with E-state index in [2.05, 4.69) is 23.6 Å². The predicted octanol–water partition coefficient (Wildman–Crippen LogP) is 2.41. The highest BCUT2D eigenvalue weighted by atomic mass is 16.1. The molecule has 0 aromatic rings. The molecule has 3 rings (SSSR count). The molecule has 3 aliphatic rings. The van der Waals surface area contributed by atoms with E-state index in [-0.39, 0.29) is 0 Å².